The van der Waals surface area contributed by atoms with Crippen molar-refractivity contribution >= 4 is 12.0 Å². The van der Waals surface area contributed by atoms with Crippen LogP contribution in [0, 0.1) is 5.92 Å². The number of hydrogen-bond acceptors (Lipinski definition) is 3. The summed E-state index contributed by atoms with van der Waals surface area (Å²) in [5, 5.41) is 18.0. The van der Waals surface area contributed by atoms with Gasteiger partial charge in [0, 0.05) is 12.1 Å². The Balaban J connectivity index is 1.69. The molecule has 0 aromatic carbocycles. The lowest BCUT2D eigenvalue weighted by molar-refractivity contribution is -0.141. The van der Waals surface area contributed by atoms with Crippen molar-refractivity contribution in [2.75, 3.05) is 13.1 Å². The Morgan fingerprint density at radius 1 is 1.00 bits per heavy atom. The maximum atomic E-state index is 11.8. The number of carbonyl (C=O) groups excluding carboxylic acids is 1. The number of rotatable bonds is 3. The van der Waals surface area contributed by atoms with E-state index in [-0.39, 0.29) is 24.0 Å². The molecular formula is C12H21N3O3. The van der Waals surface area contributed by atoms with Crippen molar-refractivity contribution in [1.82, 2.24) is 16.0 Å². The Kier molecular flexibility index (Phi) is 4.41. The lowest BCUT2D eigenvalue weighted by atomic mass is 10.1. The molecule has 1 saturated heterocycles. The van der Waals surface area contributed by atoms with E-state index in [4.69, 9.17) is 5.11 Å². The van der Waals surface area contributed by atoms with Gasteiger partial charge in [-0.3, -0.25) is 4.79 Å². The van der Waals surface area contributed by atoms with Gasteiger partial charge >= 0.3 is 12.0 Å². The van der Waals surface area contributed by atoms with E-state index in [1.165, 1.54) is 0 Å². The summed E-state index contributed by atoms with van der Waals surface area (Å²) in [6, 6.07) is 0.0914. The van der Waals surface area contributed by atoms with E-state index >= 15 is 0 Å². The Hall–Kier alpha value is -1.30. The fourth-order valence-corrected chi connectivity index (χ4v) is 2.72. The molecular weight excluding hydrogens is 234 g/mol. The highest BCUT2D eigenvalue weighted by Gasteiger charge is 2.30. The Morgan fingerprint density at radius 2 is 1.67 bits per heavy atom. The standard InChI is InChI=1S/C12H21N3O3/c16-11(17)8-1-2-10(7-8)15-12(18)14-9-3-5-13-6-4-9/h8-10,13H,1-7H2,(H,16,17)(H2,14,15,18). The monoisotopic (exact) mass is 255 g/mol. The molecule has 1 aliphatic carbocycles. The van der Waals surface area contributed by atoms with Crippen molar-refractivity contribution in [3.05, 3.63) is 0 Å². The molecule has 0 aromatic rings. The van der Waals surface area contributed by atoms with Crippen LogP contribution in [-0.4, -0.2) is 42.3 Å². The fourth-order valence-electron chi connectivity index (χ4n) is 2.72. The van der Waals surface area contributed by atoms with E-state index in [9.17, 15) is 9.59 Å². The molecule has 2 rings (SSSR count). The van der Waals surface area contributed by atoms with Gasteiger partial charge in [0.05, 0.1) is 5.92 Å². The normalized spacial score (nSPS) is 28.9. The Labute approximate surface area is 107 Å². The van der Waals surface area contributed by atoms with Gasteiger partial charge in [0.1, 0.15) is 0 Å². The maximum absolute atomic E-state index is 11.8. The summed E-state index contributed by atoms with van der Waals surface area (Å²) in [5.41, 5.74) is 0. The third-order valence-electron chi connectivity index (χ3n) is 3.79. The quantitative estimate of drug-likeness (QED) is 0.583. The molecule has 6 heteroatoms. The number of carbonyl (C=O) groups is 2. The van der Waals surface area contributed by atoms with Crippen LogP contribution >= 0.6 is 0 Å². The van der Waals surface area contributed by atoms with E-state index in [2.05, 4.69) is 16.0 Å². The molecule has 2 amide bonds. The molecule has 6 nitrogen and oxygen atoms in total. The summed E-state index contributed by atoms with van der Waals surface area (Å²) in [6.07, 6.45) is 3.88. The first kappa shape index (κ1) is 13.1. The smallest absolute Gasteiger partial charge is 0.315 e. The van der Waals surface area contributed by atoms with Crippen molar-refractivity contribution in [2.45, 2.75) is 44.2 Å². The topological polar surface area (TPSA) is 90.5 Å². The highest BCUT2D eigenvalue weighted by Crippen LogP contribution is 2.25. The number of urea groups is 1. The number of hydrogen-bond donors (Lipinski definition) is 4. The molecule has 2 fully saturated rings. The van der Waals surface area contributed by atoms with Gasteiger partial charge < -0.3 is 21.1 Å². The highest BCUT2D eigenvalue weighted by atomic mass is 16.4. The third-order valence-corrected chi connectivity index (χ3v) is 3.79. The van der Waals surface area contributed by atoms with Crippen molar-refractivity contribution in [3.8, 4) is 0 Å². The minimum absolute atomic E-state index is 0.00724. The molecule has 1 aliphatic heterocycles. The first-order valence-corrected chi connectivity index (χ1v) is 6.65. The molecule has 0 bridgehead atoms. The molecule has 0 radical (unpaired) electrons. The van der Waals surface area contributed by atoms with Gasteiger partial charge in [0.2, 0.25) is 0 Å². The number of nitrogens with one attached hydrogen (secondary N) is 3. The molecule has 2 unspecified atom stereocenters. The van der Waals surface area contributed by atoms with Crippen molar-refractivity contribution in [3.63, 3.8) is 0 Å². The molecule has 1 saturated carbocycles. The van der Waals surface area contributed by atoms with E-state index < -0.39 is 5.97 Å². The van der Waals surface area contributed by atoms with Gasteiger partial charge in [-0.25, -0.2) is 4.79 Å². The number of carboxylic acids is 1. The zero-order valence-electron chi connectivity index (χ0n) is 10.4. The van der Waals surface area contributed by atoms with E-state index in [0.717, 1.165) is 32.4 Å². The summed E-state index contributed by atoms with van der Waals surface area (Å²) < 4.78 is 0. The number of amides is 2. The molecule has 4 N–H and O–H groups in total. The predicted octanol–water partition coefficient (Wildman–Crippen LogP) is 0.291. The van der Waals surface area contributed by atoms with Gasteiger partial charge in [-0.1, -0.05) is 0 Å². The first-order valence-electron chi connectivity index (χ1n) is 6.65. The molecule has 2 atom stereocenters. The van der Waals surface area contributed by atoms with Crippen molar-refractivity contribution < 1.29 is 14.7 Å². The first-order chi connectivity index (χ1) is 8.65. The Bertz CT molecular complexity index is 316. The van der Waals surface area contributed by atoms with E-state index in [1.54, 1.807) is 0 Å². The van der Waals surface area contributed by atoms with Crippen LogP contribution in [0.2, 0.25) is 0 Å². The van der Waals surface area contributed by atoms with Crippen LogP contribution in [0.15, 0.2) is 0 Å². The minimum atomic E-state index is -0.752. The Morgan fingerprint density at radius 3 is 2.28 bits per heavy atom. The molecule has 0 aromatic heterocycles. The number of aliphatic carboxylic acids is 1. The van der Waals surface area contributed by atoms with Gasteiger partial charge in [0.25, 0.3) is 0 Å². The van der Waals surface area contributed by atoms with Gasteiger partial charge in [-0.2, -0.15) is 0 Å². The number of carboxylic acid groups (broad SMARTS) is 1. The molecule has 0 spiro atoms. The number of piperidine rings is 1. The van der Waals surface area contributed by atoms with Crippen LogP contribution in [0.4, 0.5) is 4.79 Å². The lowest BCUT2D eigenvalue weighted by Gasteiger charge is -2.24. The summed E-state index contributed by atoms with van der Waals surface area (Å²) in [7, 11) is 0. The van der Waals surface area contributed by atoms with Crippen LogP contribution in [-0.2, 0) is 4.79 Å². The summed E-state index contributed by atoms with van der Waals surface area (Å²) in [5.74, 6) is -1.05. The third kappa shape index (κ3) is 3.60. The van der Waals surface area contributed by atoms with Gasteiger partial charge in [-0.15, -0.1) is 0 Å². The second-order valence-electron chi connectivity index (χ2n) is 5.19. The summed E-state index contributed by atoms with van der Waals surface area (Å²) >= 11 is 0. The van der Waals surface area contributed by atoms with Crippen molar-refractivity contribution in [1.29, 1.82) is 0 Å². The average molecular weight is 255 g/mol. The fraction of sp³-hybridized carbons (Fsp3) is 0.833. The summed E-state index contributed by atoms with van der Waals surface area (Å²) in [6.45, 7) is 1.88. The second-order valence-corrected chi connectivity index (χ2v) is 5.19. The zero-order valence-corrected chi connectivity index (χ0v) is 10.4. The SMILES string of the molecule is O=C(NC1CCNCC1)NC1CCC(C(=O)O)C1. The largest absolute Gasteiger partial charge is 0.481 e. The second kappa shape index (κ2) is 6.04. The molecule has 102 valence electrons. The highest BCUT2D eigenvalue weighted by molar-refractivity contribution is 5.75. The van der Waals surface area contributed by atoms with Crippen LogP contribution < -0.4 is 16.0 Å². The van der Waals surface area contributed by atoms with Crippen LogP contribution in [0.3, 0.4) is 0 Å². The lowest BCUT2D eigenvalue weighted by Crippen LogP contribution is -2.48. The van der Waals surface area contributed by atoms with Crippen molar-refractivity contribution in [2.24, 2.45) is 5.92 Å². The summed E-state index contributed by atoms with van der Waals surface area (Å²) in [4.78, 5) is 22.6. The van der Waals surface area contributed by atoms with Crippen LogP contribution in [0.5, 0.6) is 0 Å². The van der Waals surface area contributed by atoms with Gasteiger partial charge in [-0.05, 0) is 45.2 Å². The molecule has 18 heavy (non-hydrogen) atoms. The molecule has 1 heterocycles. The van der Waals surface area contributed by atoms with Gasteiger partial charge in [0.15, 0.2) is 0 Å². The van der Waals surface area contributed by atoms with Crippen LogP contribution in [0.1, 0.15) is 32.1 Å². The van der Waals surface area contributed by atoms with Crippen LogP contribution in [0.25, 0.3) is 0 Å². The van der Waals surface area contributed by atoms with E-state index in [0.29, 0.717) is 12.8 Å². The predicted molar refractivity (Wildman–Crippen MR) is 66.3 cm³/mol. The molecule has 2 aliphatic rings. The minimum Gasteiger partial charge on any atom is -0.481 e. The maximum Gasteiger partial charge on any atom is 0.315 e. The average Bonchev–Trinajstić information content (AvgIpc) is 2.78. The zero-order chi connectivity index (χ0) is 13.0. The van der Waals surface area contributed by atoms with E-state index in [1.807, 2.05) is 0 Å².